The molecule has 112 valence electrons. The van der Waals surface area contributed by atoms with Crippen molar-refractivity contribution < 1.29 is 4.39 Å². The van der Waals surface area contributed by atoms with Crippen LogP contribution in [0.25, 0.3) is 0 Å². The van der Waals surface area contributed by atoms with Crippen molar-refractivity contribution in [3.63, 3.8) is 0 Å². The largest absolute Gasteiger partial charge is 0.310 e. The SMILES string of the molecule is C=CCCCCCC(NCCC)c1ccc(F)cc1Br. The molecule has 20 heavy (non-hydrogen) atoms. The molecular formula is C17H25BrFN. The van der Waals surface area contributed by atoms with Crippen LogP contribution in [0.4, 0.5) is 4.39 Å². The van der Waals surface area contributed by atoms with Crippen LogP contribution >= 0.6 is 15.9 Å². The summed E-state index contributed by atoms with van der Waals surface area (Å²) in [5.74, 6) is -0.194. The van der Waals surface area contributed by atoms with Gasteiger partial charge in [0.05, 0.1) is 0 Å². The van der Waals surface area contributed by atoms with E-state index >= 15 is 0 Å². The Labute approximate surface area is 130 Å². The molecule has 1 nitrogen and oxygen atoms in total. The predicted molar refractivity (Wildman–Crippen MR) is 88.4 cm³/mol. The maximum Gasteiger partial charge on any atom is 0.124 e. The first kappa shape index (κ1) is 17.4. The number of halogens is 2. The maximum absolute atomic E-state index is 13.2. The van der Waals surface area contributed by atoms with E-state index in [-0.39, 0.29) is 5.82 Å². The summed E-state index contributed by atoms with van der Waals surface area (Å²) in [4.78, 5) is 0. The molecule has 0 spiro atoms. The quantitative estimate of drug-likeness (QED) is 0.421. The normalized spacial score (nSPS) is 12.3. The number of benzene rings is 1. The fourth-order valence-electron chi connectivity index (χ4n) is 2.28. The minimum Gasteiger partial charge on any atom is -0.310 e. The van der Waals surface area contributed by atoms with Crippen molar-refractivity contribution in [3.05, 3.63) is 46.7 Å². The first-order valence-corrected chi connectivity index (χ1v) is 8.27. The van der Waals surface area contributed by atoms with Crippen molar-refractivity contribution in [1.29, 1.82) is 0 Å². The van der Waals surface area contributed by atoms with E-state index in [0.29, 0.717) is 6.04 Å². The molecule has 1 atom stereocenters. The van der Waals surface area contributed by atoms with Crippen LogP contribution in [-0.4, -0.2) is 6.54 Å². The van der Waals surface area contributed by atoms with E-state index in [4.69, 9.17) is 0 Å². The second kappa shape index (κ2) is 10.1. The third kappa shape index (κ3) is 6.19. The van der Waals surface area contributed by atoms with Crippen molar-refractivity contribution in [2.45, 2.75) is 51.5 Å². The van der Waals surface area contributed by atoms with E-state index in [9.17, 15) is 4.39 Å². The number of hydrogen-bond acceptors (Lipinski definition) is 1. The Kier molecular flexibility index (Phi) is 8.79. The van der Waals surface area contributed by atoms with Crippen molar-refractivity contribution in [3.8, 4) is 0 Å². The van der Waals surface area contributed by atoms with Crippen molar-refractivity contribution in [1.82, 2.24) is 5.32 Å². The molecule has 3 heteroatoms. The Morgan fingerprint density at radius 1 is 1.35 bits per heavy atom. The third-order valence-corrected chi connectivity index (χ3v) is 4.07. The van der Waals surface area contributed by atoms with Gasteiger partial charge in [-0.1, -0.05) is 47.8 Å². The van der Waals surface area contributed by atoms with Crippen LogP contribution in [0.3, 0.4) is 0 Å². The van der Waals surface area contributed by atoms with Crippen LogP contribution in [-0.2, 0) is 0 Å². The summed E-state index contributed by atoms with van der Waals surface area (Å²) < 4.78 is 14.1. The zero-order chi connectivity index (χ0) is 14.8. The molecule has 0 fully saturated rings. The fourth-order valence-corrected chi connectivity index (χ4v) is 2.91. The van der Waals surface area contributed by atoms with Gasteiger partial charge in [0.2, 0.25) is 0 Å². The van der Waals surface area contributed by atoms with Gasteiger partial charge >= 0.3 is 0 Å². The summed E-state index contributed by atoms with van der Waals surface area (Å²) in [6.45, 7) is 6.90. The highest BCUT2D eigenvalue weighted by atomic mass is 79.9. The Morgan fingerprint density at radius 3 is 2.80 bits per heavy atom. The first-order chi connectivity index (χ1) is 9.69. The molecule has 0 amide bonds. The van der Waals surface area contributed by atoms with Gasteiger partial charge in [-0.25, -0.2) is 4.39 Å². The van der Waals surface area contributed by atoms with E-state index in [1.807, 2.05) is 12.1 Å². The molecule has 1 rings (SSSR count). The average Bonchev–Trinajstić information content (AvgIpc) is 2.43. The third-order valence-electron chi connectivity index (χ3n) is 3.38. The smallest absolute Gasteiger partial charge is 0.124 e. The Hall–Kier alpha value is -0.670. The Bertz CT molecular complexity index is 406. The molecule has 0 aliphatic heterocycles. The van der Waals surface area contributed by atoms with E-state index in [1.54, 1.807) is 12.1 Å². The van der Waals surface area contributed by atoms with Gasteiger partial charge in [0.15, 0.2) is 0 Å². The van der Waals surface area contributed by atoms with Crippen molar-refractivity contribution in [2.75, 3.05) is 6.54 Å². The van der Waals surface area contributed by atoms with Crippen LogP contribution in [0, 0.1) is 5.82 Å². The second-order valence-electron chi connectivity index (χ2n) is 5.10. The molecular weight excluding hydrogens is 317 g/mol. The molecule has 0 heterocycles. The van der Waals surface area contributed by atoms with E-state index < -0.39 is 0 Å². The summed E-state index contributed by atoms with van der Waals surface area (Å²) in [6, 6.07) is 5.27. The van der Waals surface area contributed by atoms with E-state index in [1.165, 1.54) is 19.3 Å². The number of hydrogen-bond donors (Lipinski definition) is 1. The van der Waals surface area contributed by atoms with Gasteiger partial charge in [0.25, 0.3) is 0 Å². The lowest BCUT2D eigenvalue weighted by molar-refractivity contribution is 0.470. The summed E-state index contributed by atoms with van der Waals surface area (Å²) in [6.07, 6.45) is 8.85. The minimum atomic E-state index is -0.194. The minimum absolute atomic E-state index is 0.194. The zero-order valence-electron chi connectivity index (χ0n) is 12.3. The highest BCUT2D eigenvalue weighted by Crippen LogP contribution is 2.28. The molecule has 0 aliphatic rings. The van der Waals surface area contributed by atoms with E-state index in [0.717, 1.165) is 35.8 Å². The molecule has 1 aromatic carbocycles. The van der Waals surface area contributed by atoms with Crippen LogP contribution in [0.5, 0.6) is 0 Å². The molecule has 0 aliphatic carbocycles. The van der Waals surface area contributed by atoms with E-state index in [2.05, 4.69) is 34.7 Å². The Morgan fingerprint density at radius 2 is 2.15 bits per heavy atom. The second-order valence-corrected chi connectivity index (χ2v) is 5.95. The van der Waals surface area contributed by atoms with Gasteiger partial charge < -0.3 is 5.32 Å². The van der Waals surface area contributed by atoms with Crippen molar-refractivity contribution >= 4 is 15.9 Å². The Balaban J connectivity index is 2.60. The van der Waals surface area contributed by atoms with Crippen LogP contribution in [0.1, 0.15) is 57.1 Å². The molecule has 0 radical (unpaired) electrons. The number of unbranched alkanes of at least 4 members (excludes halogenated alkanes) is 3. The van der Waals surface area contributed by atoms with Gasteiger partial charge in [-0.15, -0.1) is 6.58 Å². The van der Waals surface area contributed by atoms with Crippen LogP contribution in [0.15, 0.2) is 35.3 Å². The standard InChI is InChI=1S/C17H25BrFN/c1-3-5-6-7-8-9-17(20-12-4-2)15-11-10-14(19)13-16(15)18/h3,10-11,13,17,20H,1,4-9,12H2,2H3. The van der Waals surface area contributed by atoms with Gasteiger partial charge in [-0.3, -0.25) is 0 Å². The predicted octanol–water partition coefficient (Wildman–Crippen LogP) is 5.77. The van der Waals surface area contributed by atoms with Crippen molar-refractivity contribution in [2.24, 2.45) is 0 Å². The molecule has 1 N–H and O–H groups in total. The monoisotopic (exact) mass is 341 g/mol. The number of nitrogens with one attached hydrogen (secondary N) is 1. The highest BCUT2D eigenvalue weighted by Gasteiger charge is 2.14. The molecule has 0 saturated heterocycles. The summed E-state index contributed by atoms with van der Waals surface area (Å²) in [5.41, 5.74) is 1.16. The van der Waals surface area contributed by atoms with Crippen LogP contribution < -0.4 is 5.32 Å². The van der Waals surface area contributed by atoms with Crippen LogP contribution in [0.2, 0.25) is 0 Å². The fraction of sp³-hybridized carbons (Fsp3) is 0.529. The van der Waals surface area contributed by atoms with Gasteiger partial charge in [-0.05, 0) is 49.9 Å². The molecule has 0 saturated carbocycles. The zero-order valence-corrected chi connectivity index (χ0v) is 13.9. The maximum atomic E-state index is 13.2. The summed E-state index contributed by atoms with van der Waals surface area (Å²) >= 11 is 3.48. The molecule has 1 aromatic rings. The number of allylic oxidation sites excluding steroid dienone is 1. The van der Waals surface area contributed by atoms with Gasteiger partial charge in [-0.2, -0.15) is 0 Å². The lowest BCUT2D eigenvalue weighted by atomic mass is 9.99. The molecule has 0 aromatic heterocycles. The number of rotatable bonds is 10. The van der Waals surface area contributed by atoms with Gasteiger partial charge in [0, 0.05) is 10.5 Å². The molecule has 0 bridgehead atoms. The average molecular weight is 342 g/mol. The molecule has 1 unspecified atom stereocenters. The summed E-state index contributed by atoms with van der Waals surface area (Å²) in [5, 5.41) is 3.56. The van der Waals surface area contributed by atoms with Gasteiger partial charge in [0.1, 0.15) is 5.82 Å². The lowest BCUT2D eigenvalue weighted by Gasteiger charge is -2.20. The summed E-state index contributed by atoms with van der Waals surface area (Å²) in [7, 11) is 0. The first-order valence-electron chi connectivity index (χ1n) is 7.48. The topological polar surface area (TPSA) is 12.0 Å². The highest BCUT2D eigenvalue weighted by molar-refractivity contribution is 9.10. The lowest BCUT2D eigenvalue weighted by Crippen LogP contribution is -2.22.